The van der Waals surface area contributed by atoms with Crippen LogP contribution in [0.25, 0.3) is 6.08 Å². The van der Waals surface area contributed by atoms with Gasteiger partial charge < -0.3 is 14.4 Å². The van der Waals surface area contributed by atoms with Crippen molar-refractivity contribution in [1.29, 1.82) is 0 Å². The van der Waals surface area contributed by atoms with Gasteiger partial charge in [-0.3, -0.25) is 14.9 Å². The van der Waals surface area contributed by atoms with Gasteiger partial charge in [-0.15, -0.1) is 0 Å². The molecule has 0 aliphatic carbocycles. The lowest BCUT2D eigenvalue weighted by Gasteiger charge is -2.18. The number of benzene rings is 2. The van der Waals surface area contributed by atoms with E-state index in [0.717, 1.165) is 25.9 Å². The molecule has 152 valence electrons. The van der Waals surface area contributed by atoms with Crippen molar-refractivity contribution in [3.63, 3.8) is 0 Å². The second-order valence-electron chi connectivity index (χ2n) is 6.58. The molecular formula is C21H21FN2O5. The van der Waals surface area contributed by atoms with Gasteiger partial charge in [0.25, 0.3) is 5.69 Å². The van der Waals surface area contributed by atoms with E-state index in [4.69, 9.17) is 9.47 Å². The minimum Gasteiger partial charge on any atom is -0.493 e. The number of hydrogen-bond donors (Lipinski definition) is 0. The molecule has 29 heavy (non-hydrogen) atoms. The molecule has 0 saturated carbocycles. The van der Waals surface area contributed by atoms with Crippen molar-refractivity contribution in [2.75, 3.05) is 32.2 Å². The van der Waals surface area contributed by atoms with Crippen LogP contribution in [0, 0.1) is 15.9 Å². The number of rotatable bonds is 7. The average Bonchev–Trinajstić information content (AvgIpc) is 3.25. The number of nitrogens with zero attached hydrogens (tertiary/aromatic N) is 2. The minimum absolute atomic E-state index is 0.171. The number of halogens is 1. The van der Waals surface area contributed by atoms with E-state index in [1.54, 1.807) is 12.1 Å². The Morgan fingerprint density at radius 3 is 2.38 bits per heavy atom. The number of anilines is 1. The maximum atomic E-state index is 14.4. The Kier molecular flexibility index (Phi) is 6.11. The van der Waals surface area contributed by atoms with Gasteiger partial charge in [0, 0.05) is 18.7 Å². The highest BCUT2D eigenvalue weighted by atomic mass is 19.1. The van der Waals surface area contributed by atoms with Gasteiger partial charge in [0.1, 0.15) is 5.82 Å². The number of carbonyl (C=O) groups excluding carboxylic acids is 1. The van der Waals surface area contributed by atoms with E-state index in [9.17, 15) is 19.3 Å². The van der Waals surface area contributed by atoms with Crippen LogP contribution in [-0.2, 0) is 0 Å². The molecule has 0 amide bonds. The molecule has 1 aliphatic heterocycles. The van der Waals surface area contributed by atoms with Crippen molar-refractivity contribution < 1.29 is 23.6 Å². The molecular weight excluding hydrogens is 379 g/mol. The van der Waals surface area contributed by atoms with E-state index in [-0.39, 0.29) is 22.6 Å². The Hall–Kier alpha value is -3.42. The number of allylic oxidation sites excluding steroid dienone is 1. The summed E-state index contributed by atoms with van der Waals surface area (Å²) in [6, 6.07) is 7.00. The summed E-state index contributed by atoms with van der Waals surface area (Å²) >= 11 is 0. The van der Waals surface area contributed by atoms with Crippen LogP contribution in [0.1, 0.15) is 28.8 Å². The first-order valence-electron chi connectivity index (χ1n) is 9.12. The molecule has 8 heteroatoms. The van der Waals surface area contributed by atoms with Gasteiger partial charge in [-0.2, -0.15) is 0 Å². The molecule has 1 saturated heterocycles. The Morgan fingerprint density at radius 2 is 1.79 bits per heavy atom. The summed E-state index contributed by atoms with van der Waals surface area (Å²) in [5.41, 5.74) is 0.598. The van der Waals surface area contributed by atoms with E-state index < -0.39 is 16.5 Å². The predicted octanol–water partition coefficient (Wildman–Crippen LogP) is 4.25. The molecule has 0 bridgehead atoms. The highest BCUT2D eigenvalue weighted by Crippen LogP contribution is 2.35. The Bertz CT molecular complexity index is 968. The third kappa shape index (κ3) is 4.37. The van der Waals surface area contributed by atoms with Crippen LogP contribution in [0.5, 0.6) is 11.5 Å². The van der Waals surface area contributed by atoms with Gasteiger partial charge in [-0.05, 0) is 49.3 Å². The first kappa shape index (κ1) is 20.3. The summed E-state index contributed by atoms with van der Waals surface area (Å²) < 4.78 is 24.7. The quantitative estimate of drug-likeness (QED) is 0.299. The maximum Gasteiger partial charge on any atom is 0.280 e. The van der Waals surface area contributed by atoms with Crippen LogP contribution in [0.3, 0.4) is 0 Å². The fraction of sp³-hybridized carbons (Fsp3) is 0.286. The topological polar surface area (TPSA) is 81.9 Å². The zero-order valence-corrected chi connectivity index (χ0v) is 16.2. The summed E-state index contributed by atoms with van der Waals surface area (Å²) in [7, 11) is 2.79. The van der Waals surface area contributed by atoms with Crippen molar-refractivity contribution in [2.45, 2.75) is 12.8 Å². The van der Waals surface area contributed by atoms with Crippen molar-refractivity contribution in [2.24, 2.45) is 0 Å². The summed E-state index contributed by atoms with van der Waals surface area (Å²) in [6.07, 6.45) is 4.53. The summed E-state index contributed by atoms with van der Waals surface area (Å²) in [5, 5.41) is 11.3. The summed E-state index contributed by atoms with van der Waals surface area (Å²) in [4.78, 5) is 25.2. The van der Waals surface area contributed by atoms with Crippen LogP contribution in [0.15, 0.2) is 36.4 Å². The van der Waals surface area contributed by atoms with Crippen LogP contribution < -0.4 is 14.4 Å². The first-order valence-corrected chi connectivity index (χ1v) is 9.12. The molecule has 0 aromatic heterocycles. The van der Waals surface area contributed by atoms with Gasteiger partial charge in [-0.25, -0.2) is 4.39 Å². The van der Waals surface area contributed by atoms with Gasteiger partial charge in [0.15, 0.2) is 17.3 Å². The number of nitro groups is 1. The molecule has 1 fully saturated rings. The molecule has 1 heterocycles. The number of ether oxygens (including phenoxy) is 2. The number of ketones is 1. The minimum atomic E-state index is -0.573. The molecule has 1 aliphatic rings. The number of nitro benzene ring substituents is 1. The molecule has 3 rings (SSSR count). The molecule has 0 unspecified atom stereocenters. The first-order chi connectivity index (χ1) is 13.9. The second kappa shape index (κ2) is 8.72. The Balaban J connectivity index is 1.86. The van der Waals surface area contributed by atoms with Crippen LogP contribution in [0.4, 0.5) is 15.8 Å². The fourth-order valence-electron chi connectivity index (χ4n) is 3.31. The van der Waals surface area contributed by atoms with Gasteiger partial charge in [-0.1, -0.05) is 0 Å². The molecule has 7 nitrogen and oxygen atoms in total. The molecule has 0 N–H and O–H groups in total. The molecule has 2 aromatic rings. The van der Waals surface area contributed by atoms with Crippen molar-refractivity contribution in [1.82, 2.24) is 0 Å². The van der Waals surface area contributed by atoms with Gasteiger partial charge >= 0.3 is 0 Å². The largest absolute Gasteiger partial charge is 0.493 e. The van der Waals surface area contributed by atoms with Crippen LogP contribution >= 0.6 is 0 Å². The van der Waals surface area contributed by atoms with Crippen LogP contribution in [0.2, 0.25) is 0 Å². The molecule has 0 radical (unpaired) electrons. The van der Waals surface area contributed by atoms with Crippen molar-refractivity contribution >= 4 is 23.2 Å². The standard InChI is InChI=1S/C21H21FN2O5/c1-28-20-12-14(18(24(26)27)13-21(20)29-2)6-8-19(25)15-5-7-17(16(22)11-15)23-9-3-4-10-23/h5-8,11-13H,3-4,9-10H2,1-2H3/b8-6+. The lowest BCUT2D eigenvalue weighted by Crippen LogP contribution is -2.19. The SMILES string of the molecule is COc1cc(/C=C/C(=O)c2ccc(N3CCCC3)c(F)c2)c([N+](=O)[O-])cc1OC. The predicted molar refractivity (Wildman–Crippen MR) is 107 cm³/mol. The zero-order valence-electron chi connectivity index (χ0n) is 16.2. The molecule has 0 atom stereocenters. The molecule has 0 spiro atoms. The van der Waals surface area contributed by atoms with Crippen molar-refractivity contribution in [3.8, 4) is 11.5 Å². The average molecular weight is 400 g/mol. The Morgan fingerprint density at radius 1 is 1.14 bits per heavy atom. The van der Waals surface area contributed by atoms with E-state index in [2.05, 4.69) is 0 Å². The third-order valence-electron chi connectivity index (χ3n) is 4.82. The number of carbonyl (C=O) groups is 1. The fourth-order valence-corrected chi connectivity index (χ4v) is 3.31. The number of methoxy groups -OCH3 is 2. The van der Waals surface area contributed by atoms with E-state index in [0.29, 0.717) is 11.4 Å². The van der Waals surface area contributed by atoms with Crippen molar-refractivity contribution in [3.05, 3.63) is 63.5 Å². The monoisotopic (exact) mass is 400 g/mol. The lowest BCUT2D eigenvalue weighted by molar-refractivity contribution is -0.385. The third-order valence-corrected chi connectivity index (χ3v) is 4.82. The molecule has 2 aromatic carbocycles. The highest BCUT2D eigenvalue weighted by molar-refractivity contribution is 6.07. The maximum absolute atomic E-state index is 14.4. The van der Waals surface area contributed by atoms with Gasteiger partial charge in [0.2, 0.25) is 0 Å². The number of hydrogen-bond acceptors (Lipinski definition) is 6. The summed E-state index contributed by atoms with van der Waals surface area (Å²) in [6.45, 7) is 1.60. The zero-order chi connectivity index (χ0) is 21.0. The second-order valence-corrected chi connectivity index (χ2v) is 6.58. The highest BCUT2D eigenvalue weighted by Gasteiger charge is 2.19. The Labute approximate surface area is 167 Å². The smallest absolute Gasteiger partial charge is 0.280 e. The summed E-state index contributed by atoms with van der Waals surface area (Å²) in [5.74, 6) is -0.405. The van der Waals surface area contributed by atoms with Gasteiger partial charge in [0.05, 0.1) is 36.5 Å². The van der Waals surface area contributed by atoms with E-state index in [1.165, 1.54) is 44.6 Å². The van der Waals surface area contributed by atoms with E-state index >= 15 is 0 Å². The van der Waals surface area contributed by atoms with E-state index in [1.807, 2.05) is 4.90 Å². The normalized spacial score (nSPS) is 13.7. The lowest BCUT2D eigenvalue weighted by atomic mass is 10.1. The van der Waals surface area contributed by atoms with Crippen LogP contribution in [-0.4, -0.2) is 38.0 Å².